The van der Waals surface area contributed by atoms with Crippen LogP contribution >= 0.6 is 0 Å². The molecule has 5 nitrogen and oxygen atoms in total. The Morgan fingerprint density at radius 1 is 1.50 bits per heavy atom. The quantitative estimate of drug-likeness (QED) is 0.651. The predicted molar refractivity (Wildman–Crippen MR) is 62.2 cm³/mol. The van der Waals surface area contributed by atoms with Gasteiger partial charge < -0.3 is 21.5 Å². The summed E-state index contributed by atoms with van der Waals surface area (Å²) in [5, 5.41) is 3.25. The number of nitrogen functional groups attached to an aromatic ring is 1. The lowest BCUT2D eigenvalue weighted by Gasteiger charge is -2.14. The fourth-order valence-corrected chi connectivity index (χ4v) is 1.70. The molecule has 1 unspecified atom stereocenters. The van der Waals surface area contributed by atoms with Crippen LogP contribution < -0.4 is 16.8 Å². The van der Waals surface area contributed by atoms with Crippen molar-refractivity contribution >= 4 is 17.3 Å². The number of anilines is 2. The molecule has 86 valence electrons. The first-order chi connectivity index (χ1) is 7.66. The van der Waals surface area contributed by atoms with E-state index in [0.29, 0.717) is 17.9 Å². The van der Waals surface area contributed by atoms with Gasteiger partial charge in [0.05, 0.1) is 24.0 Å². The van der Waals surface area contributed by atoms with Gasteiger partial charge in [0.15, 0.2) is 0 Å². The van der Waals surface area contributed by atoms with Gasteiger partial charge in [0.2, 0.25) is 5.91 Å². The van der Waals surface area contributed by atoms with E-state index in [2.05, 4.69) is 5.32 Å². The van der Waals surface area contributed by atoms with E-state index in [9.17, 15) is 4.79 Å². The fourth-order valence-electron chi connectivity index (χ4n) is 1.70. The van der Waals surface area contributed by atoms with E-state index in [4.69, 9.17) is 16.2 Å². The van der Waals surface area contributed by atoms with E-state index in [1.165, 1.54) is 0 Å². The van der Waals surface area contributed by atoms with Crippen LogP contribution in [0.2, 0.25) is 0 Å². The maximum absolute atomic E-state index is 11.0. The number of carbonyl (C=O) groups is 1. The molecule has 5 heteroatoms. The summed E-state index contributed by atoms with van der Waals surface area (Å²) in [5.41, 5.74) is 12.8. The lowest BCUT2D eigenvalue weighted by molar-refractivity contribution is 0.100. The summed E-state index contributed by atoms with van der Waals surface area (Å²) in [7, 11) is 0. The van der Waals surface area contributed by atoms with Gasteiger partial charge in [0.25, 0.3) is 0 Å². The van der Waals surface area contributed by atoms with Crippen molar-refractivity contribution in [1.82, 2.24) is 0 Å². The van der Waals surface area contributed by atoms with E-state index in [1.54, 1.807) is 18.2 Å². The van der Waals surface area contributed by atoms with Crippen LogP contribution in [0.25, 0.3) is 0 Å². The third-order valence-corrected chi connectivity index (χ3v) is 2.63. The van der Waals surface area contributed by atoms with Gasteiger partial charge >= 0.3 is 0 Å². The van der Waals surface area contributed by atoms with Gasteiger partial charge in [0, 0.05) is 12.2 Å². The molecular weight excluding hydrogens is 206 g/mol. The monoisotopic (exact) mass is 221 g/mol. The fraction of sp³-hybridized carbons (Fsp3) is 0.364. The first-order valence-electron chi connectivity index (χ1n) is 5.20. The third-order valence-electron chi connectivity index (χ3n) is 2.63. The maximum atomic E-state index is 11.0. The number of carbonyl (C=O) groups excluding carboxylic acids is 1. The Morgan fingerprint density at radius 2 is 2.31 bits per heavy atom. The predicted octanol–water partition coefficient (Wildman–Crippen LogP) is 0.568. The minimum Gasteiger partial charge on any atom is -0.397 e. The third kappa shape index (κ3) is 2.25. The van der Waals surface area contributed by atoms with Crippen molar-refractivity contribution in [3.63, 3.8) is 0 Å². The van der Waals surface area contributed by atoms with Crippen molar-refractivity contribution in [2.45, 2.75) is 12.5 Å². The Kier molecular flexibility index (Phi) is 2.96. The summed E-state index contributed by atoms with van der Waals surface area (Å²) in [6.45, 7) is 1.42. The van der Waals surface area contributed by atoms with E-state index in [-0.39, 0.29) is 6.04 Å². The Hall–Kier alpha value is -1.75. The molecule has 1 heterocycles. The zero-order chi connectivity index (χ0) is 11.5. The second-order valence-electron chi connectivity index (χ2n) is 3.87. The molecule has 2 rings (SSSR count). The van der Waals surface area contributed by atoms with Crippen LogP contribution in [-0.4, -0.2) is 25.2 Å². The molecule has 1 aromatic carbocycles. The first kappa shape index (κ1) is 10.8. The van der Waals surface area contributed by atoms with Crippen LogP contribution in [0, 0.1) is 0 Å². The second kappa shape index (κ2) is 4.40. The second-order valence-corrected chi connectivity index (χ2v) is 3.87. The van der Waals surface area contributed by atoms with Gasteiger partial charge in [-0.1, -0.05) is 0 Å². The Balaban J connectivity index is 2.17. The zero-order valence-corrected chi connectivity index (χ0v) is 8.90. The van der Waals surface area contributed by atoms with Gasteiger partial charge in [0.1, 0.15) is 0 Å². The summed E-state index contributed by atoms with van der Waals surface area (Å²) < 4.78 is 5.25. The molecule has 1 amide bonds. The molecule has 16 heavy (non-hydrogen) atoms. The molecule has 0 aliphatic carbocycles. The molecule has 1 fully saturated rings. The number of primary amides is 1. The smallest absolute Gasteiger partial charge is 0.248 e. The molecule has 0 spiro atoms. The number of nitrogens with two attached hydrogens (primary N) is 2. The Bertz CT molecular complexity index is 400. The molecule has 1 aliphatic rings. The number of amides is 1. The highest BCUT2D eigenvalue weighted by Gasteiger charge is 2.16. The van der Waals surface area contributed by atoms with Gasteiger partial charge in [-0.15, -0.1) is 0 Å². The van der Waals surface area contributed by atoms with Crippen LogP contribution in [0.4, 0.5) is 11.4 Å². The van der Waals surface area contributed by atoms with Crippen molar-refractivity contribution in [3.8, 4) is 0 Å². The molecule has 1 saturated heterocycles. The molecule has 0 saturated carbocycles. The van der Waals surface area contributed by atoms with Crippen LogP contribution in [0.1, 0.15) is 16.8 Å². The minimum atomic E-state index is -0.453. The lowest BCUT2D eigenvalue weighted by Crippen LogP contribution is -2.20. The van der Waals surface area contributed by atoms with E-state index in [0.717, 1.165) is 18.7 Å². The largest absolute Gasteiger partial charge is 0.397 e. The van der Waals surface area contributed by atoms with Crippen molar-refractivity contribution in [1.29, 1.82) is 0 Å². The standard InChI is InChI=1S/C11H15N3O2/c12-9-2-1-7(11(13)15)5-10(9)14-8-3-4-16-6-8/h1-2,5,8,14H,3-4,6,12H2,(H2,13,15). The van der Waals surface area contributed by atoms with Crippen molar-refractivity contribution < 1.29 is 9.53 Å². The lowest BCUT2D eigenvalue weighted by atomic mass is 10.1. The molecule has 1 aromatic rings. The molecular formula is C11H15N3O2. The molecule has 0 bridgehead atoms. The van der Waals surface area contributed by atoms with Gasteiger partial charge in [-0.3, -0.25) is 4.79 Å². The van der Waals surface area contributed by atoms with Crippen molar-refractivity contribution in [2.24, 2.45) is 5.73 Å². The number of hydrogen-bond donors (Lipinski definition) is 3. The average Bonchev–Trinajstić information content (AvgIpc) is 2.73. The molecule has 5 N–H and O–H groups in total. The van der Waals surface area contributed by atoms with Crippen LogP contribution in [0.3, 0.4) is 0 Å². The summed E-state index contributed by atoms with van der Waals surface area (Å²) in [5.74, 6) is -0.453. The van der Waals surface area contributed by atoms with E-state index in [1.807, 2.05) is 0 Å². The molecule has 0 aromatic heterocycles. The molecule has 1 atom stereocenters. The Labute approximate surface area is 93.8 Å². The van der Waals surface area contributed by atoms with Crippen LogP contribution in [0.5, 0.6) is 0 Å². The van der Waals surface area contributed by atoms with Gasteiger partial charge in [-0.05, 0) is 24.6 Å². The number of ether oxygens (including phenoxy) is 1. The minimum absolute atomic E-state index is 0.255. The summed E-state index contributed by atoms with van der Waals surface area (Å²) in [6, 6.07) is 5.23. The van der Waals surface area contributed by atoms with Gasteiger partial charge in [-0.2, -0.15) is 0 Å². The highest BCUT2D eigenvalue weighted by Crippen LogP contribution is 2.22. The highest BCUT2D eigenvalue weighted by atomic mass is 16.5. The number of nitrogens with one attached hydrogen (secondary N) is 1. The summed E-state index contributed by atoms with van der Waals surface area (Å²) in [6.07, 6.45) is 0.945. The average molecular weight is 221 g/mol. The van der Waals surface area contributed by atoms with E-state index < -0.39 is 5.91 Å². The van der Waals surface area contributed by atoms with E-state index >= 15 is 0 Å². The highest BCUT2D eigenvalue weighted by molar-refractivity contribution is 5.94. The topological polar surface area (TPSA) is 90.4 Å². The SMILES string of the molecule is NC(=O)c1ccc(N)c(NC2CCOC2)c1. The van der Waals surface area contributed by atoms with Crippen LogP contribution in [-0.2, 0) is 4.74 Å². The van der Waals surface area contributed by atoms with Crippen molar-refractivity contribution in [3.05, 3.63) is 23.8 Å². The number of rotatable bonds is 3. The number of hydrogen-bond acceptors (Lipinski definition) is 4. The van der Waals surface area contributed by atoms with Crippen molar-refractivity contribution in [2.75, 3.05) is 24.3 Å². The first-order valence-corrected chi connectivity index (χ1v) is 5.20. The summed E-state index contributed by atoms with van der Waals surface area (Å²) >= 11 is 0. The van der Waals surface area contributed by atoms with Crippen LogP contribution in [0.15, 0.2) is 18.2 Å². The number of benzene rings is 1. The molecule has 1 aliphatic heterocycles. The Morgan fingerprint density at radius 3 is 2.94 bits per heavy atom. The molecule has 0 radical (unpaired) electrons. The normalized spacial score (nSPS) is 19.6. The maximum Gasteiger partial charge on any atom is 0.248 e. The summed E-state index contributed by atoms with van der Waals surface area (Å²) in [4.78, 5) is 11.0. The zero-order valence-electron chi connectivity index (χ0n) is 8.90. The van der Waals surface area contributed by atoms with Gasteiger partial charge in [-0.25, -0.2) is 0 Å².